The first-order chi connectivity index (χ1) is 11.9. The Bertz CT molecular complexity index is 867. The van der Waals surface area contributed by atoms with Crippen LogP contribution < -0.4 is 15.8 Å². The Hall–Kier alpha value is -1.47. The first-order valence-electron chi connectivity index (χ1n) is 7.38. The number of nitrogens with one attached hydrogen (secondary N) is 1. The van der Waals surface area contributed by atoms with Crippen LogP contribution in [0.25, 0.3) is 0 Å². The third-order valence-electron chi connectivity index (χ3n) is 3.75. The number of thiophene rings is 1. The van der Waals surface area contributed by atoms with Crippen molar-refractivity contribution in [1.29, 1.82) is 0 Å². The van der Waals surface area contributed by atoms with Crippen molar-refractivity contribution in [2.75, 3.05) is 11.9 Å². The molecule has 3 rings (SSSR count). The number of benzene rings is 1. The molecule has 0 unspecified atom stereocenters. The Morgan fingerprint density at radius 3 is 2.60 bits per heavy atom. The van der Waals surface area contributed by atoms with Crippen LogP contribution in [-0.2, 0) is 17.6 Å². The van der Waals surface area contributed by atoms with Gasteiger partial charge in [0.25, 0.3) is 11.8 Å². The van der Waals surface area contributed by atoms with Crippen LogP contribution in [0.2, 0.25) is 15.1 Å². The lowest BCUT2D eigenvalue weighted by atomic mass is 10.1. The van der Waals surface area contributed by atoms with Gasteiger partial charge in [0.05, 0.1) is 20.6 Å². The molecule has 0 saturated heterocycles. The van der Waals surface area contributed by atoms with Crippen molar-refractivity contribution in [2.45, 2.75) is 19.3 Å². The molecule has 132 valence electrons. The topological polar surface area (TPSA) is 81.4 Å². The lowest BCUT2D eigenvalue weighted by Crippen LogP contribution is -2.22. The molecule has 1 aliphatic carbocycles. The van der Waals surface area contributed by atoms with Gasteiger partial charge in [0, 0.05) is 10.9 Å². The average Bonchev–Trinajstić information content (AvgIpc) is 3.09. The van der Waals surface area contributed by atoms with E-state index in [0.717, 1.165) is 29.7 Å². The number of amides is 2. The summed E-state index contributed by atoms with van der Waals surface area (Å²) in [5, 5.41) is 3.96. The Balaban J connectivity index is 1.70. The molecule has 2 amide bonds. The summed E-state index contributed by atoms with van der Waals surface area (Å²) in [4.78, 5) is 25.0. The third kappa shape index (κ3) is 3.87. The quantitative estimate of drug-likeness (QED) is 0.708. The fourth-order valence-corrected chi connectivity index (χ4v) is 4.58. The summed E-state index contributed by atoms with van der Waals surface area (Å²) in [7, 11) is 0. The minimum atomic E-state index is -0.539. The van der Waals surface area contributed by atoms with Crippen LogP contribution >= 0.6 is 46.1 Å². The van der Waals surface area contributed by atoms with Crippen LogP contribution in [0.1, 0.15) is 27.2 Å². The predicted molar refractivity (Wildman–Crippen MR) is 100 cm³/mol. The molecule has 2 aromatic rings. The van der Waals surface area contributed by atoms with Gasteiger partial charge in [-0.1, -0.05) is 34.8 Å². The second-order valence-corrected chi connectivity index (χ2v) is 7.79. The lowest BCUT2D eigenvalue weighted by Gasteiger charge is -2.10. The van der Waals surface area contributed by atoms with Crippen molar-refractivity contribution in [3.05, 3.63) is 43.2 Å². The standard InChI is InChI=1S/C16H13Cl3N2O3S/c17-8-4-10(19)11(5-9(8)18)24-6-13(22)21-16-14(15(20)23)7-2-1-3-12(7)25-16/h4-5H,1-3,6H2,(H2,20,23)(H,21,22). The smallest absolute Gasteiger partial charge is 0.262 e. The van der Waals surface area contributed by atoms with E-state index in [1.165, 1.54) is 23.5 Å². The second kappa shape index (κ2) is 7.41. The molecule has 0 spiro atoms. The van der Waals surface area contributed by atoms with E-state index in [-0.39, 0.29) is 22.4 Å². The van der Waals surface area contributed by atoms with Crippen LogP contribution in [0.15, 0.2) is 12.1 Å². The normalized spacial score (nSPS) is 12.8. The number of fused-ring (bicyclic) bond motifs is 1. The van der Waals surface area contributed by atoms with Crippen molar-refractivity contribution in [1.82, 2.24) is 0 Å². The summed E-state index contributed by atoms with van der Waals surface area (Å²) in [6.07, 6.45) is 2.69. The zero-order chi connectivity index (χ0) is 18.1. The fourth-order valence-electron chi connectivity index (χ4n) is 2.67. The molecule has 3 N–H and O–H groups in total. The molecule has 1 aromatic carbocycles. The number of carbonyl (C=O) groups excluding carboxylic acids is 2. The minimum absolute atomic E-state index is 0.245. The molecule has 0 bridgehead atoms. The summed E-state index contributed by atoms with van der Waals surface area (Å²) >= 11 is 19.1. The highest BCUT2D eigenvalue weighted by Crippen LogP contribution is 2.39. The highest BCUT2D eigenvalue weighted by molar-refractivity contribution is 7.17. The van der Waals surface area contributed by atoms with E-state index < -0.39 is 11.8 Å². The SMILES string of the molecule is NC(=O)c1c(NC(=O)COc2cc(Cl)c(Cl)cc2Cl)sc2c1CCC2. The van der Waals surface area contributed by atoms with E-state index >= 15 is 0 Å². The maximum absolute atomic E-state index is 12.2. The van der Waals surface area contributed by atoms with Crippen LogP contribution in [0.4, 0.5) is 5.00 Å². The monoisotopic (exact) mass is 418 g/mol. The van der Waals surface area contributed by atoms with Crippen LogP contribution in [0.3, 0.4) is 0 Å². The largest absolute Gasteiger partial charge is 0.482 e. The zero-order valence-electron chi connectivity index (χ0n) is 12.8. The summed E-state index contributed by atoms with van der Waals surface area (Å²) in [5.41, 5.74) is 6.81. The second-order valence-electron chi connectivity index (χ2n) is 5.46. The first kappa shape index (κ1) is 18.3. The molecular formula is C16H13Cl3N2O3S. The van der Waals surface area contributed by atoms with Gasteiger partial charge in [-0.15, -0.1) is 11.3 Å². The zero-order valence-corrected chi connectivity index (χ0v) is 15.9. The molecular weight excluding hydrogens is 407 g/mol. The number of hydrogen-bond donors (Lipinski definition) is 2. The van der Waals surface area contributed by atoms with Gasteiger partial charge >= 0.3 is 0 Å². The molecule has 0 aliphatic heterocycles. The fraction of sp³-hybridized carbons (Fsp3) is 0.250. The van der Waals surface area contributed by atoms with Gasteiger partial charge in [-0.25, -0.2) is 0 Å². The number of ether oxygens (including phenoxy) is 1. The molecule has 1 heterocycles. The van der Waals surface area contributed by atoms with Gasteiger partial charge in [0.1, 0.15) is 10.8 Å². The molecule has 0 atom stereocenters. The van der Waals surface area contributed by atoms with Crippen molar-refractivity contribution in [3.8, 4) is 5.75 Å². The molecule has 0 fully saturated rings. The summed E-state index contributed by atoms with van der Waals surface area (Å²) in [5.74, 6) is -0.720. The van der Waals surface area contributed by atoms with Crippen molar-refractivity contribution < 1.29 is 14.3 Å². The van der Waals surface area contributed by atoms with E-state index in [1.54, 1.807) is 0 Å². The van der Waals surface area contributed by atoms with Crippen LogP contribution in [-0.4, -0.2) is 18.4 Å². The summed E-state index contributed by atoms with van der Waals surface area (Å²) < 4.78 is 5.39. The van der Waals surface area contributed by atoms with Crippen molar-refractivity contribution in [2.24, 2.45) is 5.73 Å². The molecule has 0 saturated carbocycles. The van der Waals surface area contributed by atoms with Gasteiger partial charge in [-0.05, 0) is 30.9 Å². The van der Waals surface area contributed by atoms with Crippen LogP contribution in [0.5, 0.6) is 5.75 Å². The van der Waals surface area contributed by atoms with Crippen molar-refractivity contribution >= 4 is 63.0 Å². The van der Waals surface area contributed by atoms with E-state index in [4.69, 9.17) is 45.3 Å². The number of primary amides is 1. The van der Waals surface area contributed by atoms with E-state index in [0.29, 0.717) is 15.6 Å². The van der Waals surface area contributed by atoms with E-state index in [1.807, 2.05) is 0 Å². The number of hydrogen-bond acceptors (Lipinski definition) is 4. The number of nitrogens with two attached hydrogens (primary N) is 1. The Morgan fingerprint density at radius 2 is 1.88 bits per heavy atom. The molecule has 25 heavy (non-hydrogen) atoms. The summed E-state index contributed by atoms with van der Waals surface area (Å²) in [6.45, 7) is -0.293. The summed E-state index contributed by atoms with van der Waals surface area (Å²) in [6, 6.07) is 2.88. The van der Waals surface area contributed by atoms with Gasteiger partial charge in [0.2, 0.25) is 0 Å². The first-order valence-corrected chi connectivity index (χ1v) is 9.33. The highest BCUT2D eigenvalue weighted by atomic mass is 35.5. The number of anilines is 1. The van der Waals surface area contributed by atoms with E-state index in [9.17, 15) is 9.59 Å². The molecule has 5 nitrogen and oxygen atoms in total. The highest BCUT2D eigenvalue weighted by Gasteiger charge is 2.26. The average molecular weight is 420 g/mol. The van der Waals surface area contributed by atoms with E-state index in [2.05, 4.69) is 5.32 Å². The Kier molecular flexibility index (Phi) is 5.43. The number of halogens is 3. The maximum Gasteiger partial charge on any atom is 0.262 e. The number of aryl methyl sites for hydroxylation is 1. The van der Waals surface area contributed by atoms with Gasteiger partial charge in [-0.3, -0.25) is 9.59 Å². The number of rotatable bonds is 5. The number of carbonyl (C=O) groups is 2. The van der Waals surface area contributed by atoms with Gasteiger partial charge in [-0.2, -0.15) is 0 Å². The molecule has 1 aromatic heterocycles. The predicted octanol–water partition coefficient (Wildman–Crippen LogP) is 4.31. The Labute approximate surface area is 163 Å². The molecule has 0 radical (unpaired) electrons. The molecule has 9 heteroatoms. The minimum Gasteiger partial charge on any atom is -0.482 e. The molecule has 1 aliphatic rings. The third-order valence-corrected chi connectivity index (χ3v) is 5.98. The maximum atomic E-state index is 12.2. The van der Waals surface area contributed by atoms with Gasteiger partial charge < -0.3 is 15.8 Å². The van der Waals surface area contributed by atoms with Gasteiger partial charge in [0.15, 0.2) is 6.61 Å². The van der Waals surface area contributed by atoms with Crippen molar-refractivity contribution in [3.63, 3.8) is 0 Å². The Morgan fingerprint density at radius 1 is 1.16 bits per heavy atom. The lowest BCUT2D eigenvalue weighted by molar-refractivity contribution is -0.118. The van der Waals surface area contributed by atoms with Crippen LogP contribution in [0, 0.1) is 0 Å².